The van der Waals surface area contributed by atoms with Crippen LogP contribution in [0.15, 0.2) is 36.4 Å². The van der Waals surface area contributed by atoms with Gasteiger partial charge in [0, 0.05) is 18.5 Å². The fourth-order valence-electron chi connectivity index (χ4n) is 3.04. The predicted octanol–water partition coefficient (Wildman–Crippen LogP) is 3.37. The van der Waals surface area contributed by atoms with Gasteiger partial charge in [0.1, 0.15) is 0 Å². The number of benzene rings is 2. The van der Waals surface area contributed by atoms with E-state index in [4.69, 9.17) is 0 Å². The Morgan fingerprint density at radius 2 is 1.86 bits per heavy atom. The Hall–Kier alpha value is -1.93. The van der Waals surface area contributed by atoms with Crippen molar-refractivity contribution in [2.24, 2.45) is 0 Å². The highest BCUT2D eigenvalue weighted by Crippen LogP contribution is 2.19. The highest BCUT2D eigenvalue weighted by Gasteiger charge is 2.14. The first-order valence-electron chi connectivity index (χ1n) is 7.56. The number of fused-ring (bicyclic) bond motifs is 1. The van der Waals surface area contributed by atoms with Crippen LogP contribution in [-0.2, 0) is 19.4 Å². The van der Waals surface area contributed by atoms with Gasteiger partial charge in [-0.15, -0.1) is 0 Å². The van der Waals surface area contributed by atoms with Crippen molar-refractivity contribution in [3.05, 3.63) is 69.8 Å². The normalized spacial score (nSPS) is 13.8. The molecule has 2 heteroatoms. The van der Waals surface area contributed by atoms with Gasteiger partial charge in [-0.1, -0.05) is 30.3 Å². The maximum Gasteiger partial charge on any atom is 0.167 e. The Morgan fingerprint density at radius 1 is 1.10 bits per heavy atom. The average Bonchev–Trinajstić information content (AvgIpc) is 2.50. The molecular weight excluding hydrogens is 258 g/mol. The summed E-state index contributed by atoms with van der Waals surface area (Å²) in [4.78, 5) is 12.6. The van der Waals surface area contributed by atoms with Crippen molar-refractivity contribution in [1.29, 1.82) is 0 Å². The van der Waals surface area contributed by atoms with Crippen LogP contribution >= 0.6 is 0 Å². The number of aryl methyl sites for hydroxylation is 2. The fraction of sp³-hybridized carbons (Fsp3) is 0.316. The van der Waals surface area contributed by atoms with Gasteiger partial charge in [-0.25, -0.2) is 0 Å². The molecular formula is C19H21NO. The molecule has 2 aromatic carbocycles. The van der Waals surface area contributed by atoms with Crippen LogP contribution in [0.2, 0.25) is 0 Å². The first-order chi connectivity index (χ1) is 10.1. The summed E-state index contributed by atoms with van der Waals surface area (Å²) in [6.07, 6.45) is 1.55. The minimum Gasteiger partial charge on any atom is -0.312 e. The summed E-state index contributed by atoms with van der Waals surface area (Å²) in [5.41, 5.74) is 7.04. The second kappa shape index (κ2) is 5.82. The molecule has 0 amide bonds. The topological polar surface area (TPSA) is 29.1 Å². The zero-order valence-electron chi connectivity index (χ0n) is 12.7. The highest BCUT2D eigenvalue weighted by atomic mass is 16.1. The third kappa shape index (κ3) is 2.91. The number of hydrogen-bond donors (Lipinski definition) is 1. The lowest BCUT2D eigenvalue weighted by Crippen LogP contribution is -2.24. The molecule has 1 aliphatic heterocycles. The monoisotopic (exact) mass is 279 g/mol. The van der Waals surface area contributed by atoms with Gasteiger partial charge < -0.3 is 5.32 Å². The molecule has 0 aliphatic carbocycles. The molecule has 2 aromatic rings. The van der Waals surface area contributed by atoms with Crippen molar-refractivity contribution in [3.63, 3.8) is 0 Å². The van der Waals surface area contributed by atoms with Crippen LogP contribution < -0.4 is 5.32 Å². The molecule has 0 radical (unpaired) electrons. The molecule has 1 heterocycles. The van der Waals surface area contributed by atoms with Gasteiger partial charge in [0.25, 0.3) is 0 Å². The standard InChI is InChI=1S/C19H21NO/c1-13-4-3-5-14(2)18(13)11-19(21)16-7-6-15-8-9-20-12-17(15)10-16/h3-7,10,20H,8-9,11-12H2,1-2H3. The van der Waals surface area contributed by atoms with E-state index in [0.29, 0.717) is 6.42 Å². The fourth-order valence-corrected chi connectivity index (χ4v) is 3.04. The van der Waals surface area contributed by atoms with Crippen LogP contribution in [0.5, 0.6) is 0 Å². The minimum absolute atomic E-state index is 0.209. The summed E-state index contributed by atoms with van der Waals surface area (Å²) in [5, 5.41) is 3.36. The van der Waals surface area contributed by atoms with Crippen LogP contribution in [0.25, 0.3) is 0 Å². The molecule has 0 saturated heterocycles. The van der Waals surface area contributed by atoms with E-state index in [-0.39, 0.29) is 5.78 Å². The number of carbonyl (C=O) groups is 1. The first kappa shape index (κ1) is 14.0. The quantitative estimate of drug-likeness (QED) is 0.873. The lowest BCUT2D eigenvalue weighted by Gasteiger charge is -2.17. The number of ketones is 1. The molecule has 0 aromatic heterocycles. The van der Waals surface area contributed by atoms with E-state index < -0.39 is 0 Å². The van der Waals surface area contributed by atoms with Gasteiger partial charge >= 0.3 is 0 Å². The Kier molecular flexibility index (Phi) is 3.89. The minimum atomic E-state index is 0.209. The summed E-state index contributed by atoms with van der Waals surface area (Å²) in [6, 6.07) is 12.4. The summed E-state index contributed by atoms with van der Waals surface area (Å²) < 4.78 is 0. The van der Waals surface area contributed by atoms with Crippen LogP contribution in [0.4, 0.5) is 0 Å². The van der Waals surface area contributed by atoms with E-state index in [0.717, 1.165) is 25.1 Å². The number of hydrogen-bond acceptors (Lipinski definition) is 2. The Morgan fingerprint density at radius 3 is 2.62 bits per heavy atom. The molecule has 0 fully saturated rings. The van der Waals surface area contributed by atoms with Gasteiger partial charge in [-0.05, 0) is 60.7 Å². The van der Waals surface area contributed by atoms with Crippen LogP contribution in [0.3, 0.4) is 0 Å². The summed E-state index contributed by atoms with van der Waals surface area (Å²) >= 11 is 0. The second-order valence-electron chi connectivity index (χ2n) is 5.88. The highest BCUT2D eigenvalue weighted by molar-refractivity contribution is 5.98. The van der Waals surface area contributed by atoms with Crippen molar-refractivity contribution in [1.82, 2.24) is 5.32 Å². The zero-order chi connectivity index (χ0) is 14.8. The molecule has 3 rings (SSSR count). The van der Waals surface area contributed by atoms with E-state index >= 15 is 0 Å². The smallest absolute Gasteiger partial charge is 0.167 e. The van der Waals surface area contributed by atoms with Crippen molar-refractivity contribution >= 4 is 5.78 Å². The molecule has 0 unspecified atom stereocenters. The summed E-state index contributed by atoms with van der Waals surface area (Å²) in [7, 11) is 0. The van der Waals surface area contributed by atoms with Gasteiger partial charge in [-0.3, -0.25) is 4.79 Å². The van der Waals surface area contributed by atoms with Crippen LogP contribution in [-0.4, -0.2) is 12.3 Å². The largest absolute Gasteiger partial charge is 0.312 e. The van der Waals surface area contributed by atoms with Gasteiger partial charge in [0.15, 0.2) is 5.78 Å². The van der Waals surface area contributed by atoms with Crippen LogP contribution in [0.1, 0.15) is 38.2 Å². The predicted molar refractivity (Wildman–Crippen MR) is 85.8 cm³/mol. The molecule has 0 spiro atoms. The third-order valence-electron chi connectivity index (χ3n) is 4.40. The lowest BCUT2D eigenvalue weighted by molar-refractivity contribution is 0.0992. The average molecular weight is 279 g/mol. The maximum absolute atomic E-state index is 12.6. The summed E-state index contributed by atoms with van der Waals surface area (Å²) in [6.45, 7) is 6.06. The van der Waals surface area contributed by atoms with E-state index in [1.807, 2.05) is 12.1 Å². The van der Waals surface area contributed by atoms with E-state index in [2.05, 4.69) is 43.4 Å². The Balaban J connectivity index is 1.86. The molecule has 21 heavy (non-hydrogen) atoms. The molecule has 1 aliphatic rings. The molecule has 1 N–H and O–H groups in total. The van der Waals surface area contributed by atoms with Crippen molar-refractivity contribution < 1.29 is 4.79 Å². The maximum atomic E-state index is 12.6. The number of rotatable bonds is 3. The lowest BCUT2D eigenvalue weighted by atomic mass is 9.93. The van der Waals surface area contributed by atoms with Crippen molar-refractivity contribution in [2.75, 3.05) is 6.54 Å². The van der Waals surface area contributed by atoms with Gasteiger partial charge in [-0.2, -0.15) is 0 Å². The number of nitrogens with one attached hydrogen (secondary N) is 1. The summed E-state index contributed by atoms with van der Waals surface area (Å²) in [5.74, 6) is 0.209. The molecule has 0 bridgehead atoms. The van der Waals surface area contributed by atoms with Gasteiger partial charge in [0.2, 0.25) is 0 Å². The van der Waals surface area contributed by atoms with E-state index in [1.54, 1.807) is 0 Å². The molecule has 2 nitrogen and oxygen atoms in total. The second-order valence-corrected chi connectivity index (χ2v) is 5.88. The Bertz CT molecular complexity index is 668. The first-order valence-corrected chi connectivity index (χ1v) is 7.56. The van der Waals surface area contributed by atoms with Gasteiger partial charge in [0.05, 0.1) is 0 Å². The molecule has 0 atom stereocenters. The van der Waals surface area contributed by atoms with E-state index in [9.17, 15) is 4.79 Å². The molecule has 0 saturated carbocycles. The number of carbonyl (C=O) groups excluding carboxylic acids is 1. The zero-order valence-corrected chi connectivity index (χ0v) is 12.7. The van der Waals surface area contributed by atoms with E-state index in [1.165, 1.54) is 27.8 Å². The van der Waals surface area contributed by atoms with Crippen LogP contribution in [0, 0.1) is 13.8 Å². The van der Waals surface area contributed by atoms with Crippen molar-refractivity contribution in [2.45, 2.75) is 33.2 Å². The third-order valence-corrected chi connectivity index (χ3v) is 4.40. The molecule has 108 valence electrons. The Labute approximate surface area is 126 Å². The van der Waals surface area contributed by atoms with Crippen molar-refractivity contribution in [3.8, 4) is 0 Å². The SMILES string of the molecule is Cc1cccc(C)c1CC(=O)c1ccc2c(c1)CNCC2. The number of Topliss-reactive ketones (excluding diaryl/α,β-unsaturated/α-hetero) is 1.